The lowest BCUT2D eigenvalue weighted by Gasteiger charge is -2.22. The van der Waals surface area contributed by atoms with Crippen LogP contribution in [0.5, 0.6) is 0 Å². The molecule has 1 saturated heterocycles. The fourth-order valence-corrected chi connectivity index (χ4v) is 1.75. The van der Waals surface area contributed by atoms with Crippen LogP contribution in [-0.2, 0) is 4.74 Å². The van der Waals surface area contributed by atoms with E-state index in [0.29, 0.717) is 18.1 Å². The average Bonchev–Trinajstić information content (AvgIpc) is 2.66. The van der Waals surface area contributed by atoms with Gasteiger partial charge < -0.3 is 20.6 Å². The first-order valence-corrected chi connectivity index (χ1v) is 5.44. The third-order valence-corrected chi connectivity index (χ3v) is 2.55. The molecule has 1 aliphatic rings. The molecule has 0 bridgehead atoms. The number of aromatic nitrogens is 2. The van der Waals surface area contributed by atoms with Crippen LogP contribution < -0.4 is 10.6 Å². The Balaban J connectivity index is 2.30. The van der Waals surface area contributed by atoms with Crippen molar-refractivity contribution in [3.63, 3.8) is 0 Å². The van der Waals surface area contributed by atoms with Crippen molar-refractivity contribution < 1.29 is 9.94 Å². The van der Waals surface area contributed by atoms with Crippen molar-refractivity contribution in [2.75, 3.05) is 31.2 Å². The molecule has 0 aliphatic carbocycles. The minimum absolute atomic E-state index is 0.0294. The quantitative estimate of drug-likeness (QED) is 0.320. The number of nitrogens with two attached hydrogens (primary N) is 1. The monoisotopic (exact) mass is 237 g/mol. The van der Waals surface area contributed by atoms with Gasteiger partial charge in [-0.3, -0.25) is 0 Å². The summed E-state index contributed by atoms with van der Waals surface area (Å²) in [5.41, 5.74) is 5.98. The van der Waals surface area contributed by atoms with Crippen molar-refractivity contribution >= 4 is 11.7 Å². The lowest BCUT2D eigenvalue weighted by molar-refractivity contribution is 0.152. The lowest BCUT2D eigenvalue weighted by Crippen LogP contribution is -2.30. The van der Waals surface area contributed by atoms with Gasteiger partial charge >= 0.3 is 0 Å². The molecule has 0 unspecified atom stereocenters. The van der Waals surface area contributed by atoms with Gasteiger partial charge in [-0.05, 0) is 6.42 Å². The van der Waals surface area contributed by atoms with Crippen LogP contribution in [0.1, 0.15) is 12.1 Å². The number of amidine groups is 1. The summed E-state index contributed by atoms with van der Waals surface area (Å²) in [6, 6.07) is 0. The van der Waals surface area contributed by atoms with Crippen molar-refractivity contribution in [2.45, 2.75) is 6.42 Å². The Morgan fingerprint density at radius 2 is 2.18 bits per heavy atom. The van der Waals surface area contributed by atoms with Gasteiger partial charge in [0.2, 0.25) is 0 Å². The molecule has 17 heavy (non-hydrogen) atoms. The van der Waals surface area contributed by atoms with E-state index in [0.717, 1.165) is 26.1 Å². The molecule has 3 N–H and O–H groups in total. The van der Waals surface area contributed by atoms with Crippen LogP contribution in [0.2, 0.25) is 0 Å². The van der Waals surface area contributed by atoms with Crippen LogP contribution in [0, 0.1) is 0 Å². The van der Waals surface area contributed by atoms with Crippen molar-refractivity contribution in [3.05, 3.63) is 18.1 Å². The summed E-state index contributed by atoms with van der Waals surface area (Å²) in [5.74, 6) is 0.603. The molecule has 1 aromatic rings. The Morgan fingerprint density at radius 3 is 3.00 bits per heavy atom. The van der Waals surface area contributed by atoms with E-state index in [-0.39, 0.29) is 5.84 Å². The molecule has 2 rings (SSSR count). The highest BCUT2D eigenvalue weighted by molar-refractivity contribution is 5.99. The van der Waals surface area contributed by atoms with Crippen LogP contribution in [0.4, 0.5) is 5.82 Å². The number of oxime groups is 1. The fourth-order valence-electron chi connectivity index (χ4n) is 1.75. The lowest BCUT2D eigenvalue weighted by atomic mass is 10.3. The molecule has 2 heterocycles. The SMILES string of the molecule is NC(=NO)c1nccnc1N1CCCOCC1. The van der Waals surface area contributed by atoms with Gasteiger partial charge in [0.1, 0.15) is 0 Å². The molecule has 92 valence electrons. The highest BCUT2D eigenvalue weighted by Gasteiger charge is 2.18. The molecule has 0 saturated carbocycles. The minimum Gasteiger partial charge on any atom is -0.409 e. The largest absolute Gasteiger partial charge is 0.409 e. The number of hydrogen-bond donors (Lipinski definition) is 2. The van der Waals surface area contributed by atoms with Gasteiger partial charge in [0.25, 0.3) is 0 Å². The highest BCUT2D eigenvalue weighted by atomic mass is 16.5. The molecule has 1 aliphatic heterocycles. The zero-order chi connectivity index (χ0) is 12.1. The molecule has 1 aromatic heterocycles. The van der Waals surface area contributed by atoms with Crippen LogP contribution in [0.25, 0.3) is 0 Å². The summed E-state index contributed by atoms with van der Waals surface area (Å²) in [4.78, 5) is 10.4. The molecule has 0 spiro atoms. The number of nitrogens with zero attached hydrogens (tertiary/aromatic N) is 4. The van der Waals surface area contributed by atoms with Crippen LogP contribution in [-0.4, -0.2) is 47.3 Å². The summed E-state index contributed by atoms with van der Waals surface area (Å²) in [5, 5.41) is 11.7. The van der Waals surface area contributed by atoms with E-state index >= 15 is 0 Å². The molecule has 7 nitrogen and oxygen atoms in total. The van der Waals surface area contributed by atoms with E-state index in [2.05, 4.69) is 15.1 Å². The van der Waals surface area contributed by atoms with Gasteiger partial charge in [-0.15, -0.1) is 0 Å². The summed E-state index contributed by atoms with van der Waals surface area (Å²) in [7, 11) is 0. The summed E-state index contributed by atoms with van der Waals surface area (Å²) in [6.07, 6.45) is 4.03. The van der Waals surface area contributed by atoms with Crippen LogP contribution >= 0.6 is 0 Å². The van der Waals surface area contributed by atoms with E-state index in [9.17, 15) is 0 Å². The molecule has 0 radical (unpaired) electrons. The Bertz CT molecular complexity index is 401. The number of ether oxygens (including phenoxy) is 1. The smallest absolute Gasteiger partial charge is 0.192 e. The van der Waals surface area contributed by atoms with E-state index in [1.54, 1.807) is 6.20 Å². The molecule has 7 heteroatoms. The third-order valence-electron chi connectivity index (χ3n) is 2.55. The van der Waals surface area contributed by atoms with Crippen LogP contribution in [0.15, 0.2) is 17.5 Å². The number of hydrogen-bond acceptors (Lipinski definition) is 6. The zero-order valence-corrected chi connectivity index (χ0v) is 9.41. The highest BCUT2D eigenvalue weighted by Crippen LogP contribution is 2.16. The first-order valence-electron chi connectivity index (χ1n) is 5.44. The van der Waals surface area contributed by atoms with Gasteiger partial charge in [0.15, 0.2) is 17.3 Å². The third kappa shape index (κ3) is 2.62. The second kappa shape index (κ2) is 5.44. The topological polar surface area (TPSA) is 96.9 Å². The van der Waals surface area contributed by atoms with Crippen molar-refractivity contribution in [3.8, 4) is 0 Å². The second-order valence-electron chi connectivity index (χ2n) is 3.67. The van der Waals surface area contributed by atoms with Crippen molar-refractivity contribution in [1.29, 1.82) is 0 Å². The van der Waals surface area contributed by atoms with Gasteiger partial charge in [0.05, 0.1) is 6.61 Å². The molecule has 1 fully saturated rings. The Hall–Kier alpha value is -1.89. The zero-order valence-electron chi connectivity index (χ0n) is 9.41. The Morgan fingerprint density at radius 1 is 1.35 bits per heavy atom. The van der Waals surface area contributed by atoms with Crippen molar-refractivity contribution in [2.24, 2.45) is 10.9 Å². The summed E-state index contributed by atoms with van der Waals surface area (Å²) in [6.45, 7) is 2.94. The second-order valence-corrected chi connectivity index (χ2v) is 3.67. The van der Waals surface area contributed by atoms with E-state index in [4.69, 9.17) is 15.7 Å². The predicted octanol–water partition coefficient (Wildman–Crippen LogP) is -0.202. The van der Waals surface area contributed by atoms with E-state index in [1.807, 2.05) is 4.90 Å². The summed E-state index contributed by atoms with van der Waals surface area (Å²) >= 11 is 0. The first-order chi connectivity index (χ1) is 8.33. The van der Waals surface area contributed by atoms with Gasteiger partial charge in [-0.25, -0.2) is 9.97 Å². The maximum atomic E-state index is 8.72. The van der Waals surface area contributed by atoms with E-state index in [1.165, 1.54) is 6.20 Å². The molecular weight excluding hydrogens is 222 g/mol. The summed E-state index contributed by atoms with van der Waals surface area (Å²) < 4.78 is 5.37. The number of anilines is 1. The molecule has 0 amide bonds. The predicted molar refractivity (Wildman–Crippen MR) is 62.2 cm³/mol. The maximum absolute atomic E-state index is 8.72. The molecule has 0 aromatic carbocycles. The van der Waals surface area contributed by atoms with Crippen LogP contribution in [0.3, 0.4) is 0 Å². The van der Waals surface area contributed by atoms with Gasteiger partial charge in [0, 0.05) is 32.1 Å². The van der Waals surface area contributed by atoms with Gasteiger partial charge in [-0.1, -0.05) is 5.16 Å². The minimum atomic E-state index is -0.0294. The Kier molecular flexibility index (Phi) is 3.71. The maximum Gasteiger partial charge on any atom is 0.192 e. The standard InChI is InChI=1S/C10H15N5O2/c11-9(14-16)8-10(13-3-2-12-8)15-4-1-6-17-7-5-15/h2-3,16H,1,4-7H2,(H2,11,14). The van der Waals surface area contributed by atoms with Gasteiger partial charge in [-0.2, -0.15) is 0 Å². The van der Waals surface area contributed by atoms with E-state index < -0.39 is 0 Å². The Labute approximate surface area is 98.9 Å². The number of rotatable bonds is 2. The fraction of sp³-hybridized carbons (Fsp3) is 0.500. The first kappa shape index (κ1) is 11.6. The molecule has 0 atom stereocenters. The average molecular weight is 237 g/mol. The van der Waals surface area contributed by atoms with Crippen molar-refractivity contribution in [1.82, 2.24) is 9.97 Å². The molecular formula is C10H15N5O2. The normalized spacial score (nSPS) is 17.9.